The Morgan fingerprint density at radius 2 is 1.56 bits per heavy atom. The van der Waals surface area contributed by atoms with E-state index in [-0.39, 0.29) is 5.78 Å². The van der Waals surface area contributed by atoms with Gasteiger partial charge < -0.3 is 10.1 Å². The van der Waals surface area contributed by atoms with Crippen molar-refractivity contribution in [2.24, 2.45) is 5.92 Å². The first-order chi connectivity index (χ1) is 12.9. The number of ether oxygens (including phenoxy) is 1. The summed E-state index contributed by atoms with van der Waals surface area (Å²) in [4.78, 5) is 25.9. The summed E-state index contributed by atoms with van der Waals surface area (Å²) >= 11 is 0. The second-order valence-corrected chi connectivity index (χ2v) is 7.76. The molecule has 4 nitrogen and oxygen atoms in total. The molecule has 142 valence electrons. The van der Waals surface area contributed by atoms with E-state index < -0.39 is 11.6 Å². The summed E-state index contributed by atoms with van der Waals surface area (Å²) in [5.74, 6) is -0.292. The molecule has 4 heteroatoms. The molecule has 1 N–H and O–H groups in total. The lowest BCUT2D eigenvalue weighted by Crippen LogP contribution is -2.43. The Morgan fingerprint density at radius 1 is 0.963 bits per heavy atom. The number of carbonyl (C=O) groups excluding carboxylic acids is 2. The Balaban J connectivity index is 1.83. The molecule has 0 aliphatic carbocycles. The molecule has 1 saturated heterocycles. The Morgan fingerprint density at radius 3 is 2.19 bits per heavy atom. The quantitative estimate of drug-likeness (QED) is 0.638. The monoisotopic (exact) mass is 365 g/mol. The maximum absolute atomic E-state index is 12.9. The molecule has 0 aromatic heterocycles. The third kappa shape index (κ3) is 4.45. The number of benzene rings is 2. The summed E-state index contributed by atoms with van der Waals surface area (Å²) in [5, 5.41) is 3.33. The molecular weight excluding hydrogens is 338 g/mol. The van der Waals surface area contributed by atoms with Crippen molar-refractivity contribution in [3.63, 3.8) is 0 Å². The summed E-state index contributed by atoms with van der Waals surface area (Å²) < 4.78 is 5.89. The normalized spacial score (nSPS) is 15.4. The Kier molecular flexibility index (Phi) is 5.76. The van der Waals surface area contributed by atoms with Crippen LogP contribution in [0.4, 0.5) is 0 Å². The van der Waals surface area contributed by atoms with Gasteiger partial charge in [0, 0.05) is 17.0 Å². The van der Waals surface area contributed by atoms with Crippen LogP contribution in [0.5, 0.6) is 0 Å². The van der Waals surface area contributed by atoms with E-state index in [0.717, 1.165) is 31.5 Å². The third-order valence-corrected chi connectivity index (χ3v) is 5.38. The molecule has 0 radical (unpaired) electrons. The standard InChI is InChI=1S/C23H27NO3/c1-16-8-10-17(11-9-16)21(25)19-6-4-5-7-20(19)22(26)27-23(2,3)18-12-14-24-15-13-18/h4-11,18,24H,12-15H2,1-3H3. The van der Waals surface area contributed by atoms with Gasteiger partial charge in [0.05, 0.1) is 5.56 Å². The molecule has 0 bridgehead atoms. The number of hydrogen-bond acceptors (Lipinski definition) is 4. The van der Waals surface area contributed by atoms with Gasteiger partial charge in [-0.15, -0.1) is 0 Å². The molecule has 0 unspecified atom stereocenters. The van der Waals surface area contributed by atoms with Crippen LogP contribution in [0.1, 0.15) is 58.5 Å². The van der Waals surface area contributed by atoms with Crippen LogP contribution in [0, 0.1) is 12.8 Å². The number of rotatable bonds is 5. The van der Waals surface area contributed by atoms with Crippen molar-refractivity contribution in [2.45, 2.75) is 39.2 Å². The lowest BCUT2D eigenvalue weighted by atomic mass is 9.83. The van der Waals surface area contributed by atoms with Gasteiger partial charge in [-0.1, -0.05) is 48.0 Å². The van der Waals surface area contributed by atoms with Crippen LogP contribution in [0.25, 0.3) is 0 Å². The molecule has 27 heavy (non-hydrogen) atoms. The largest absolute Gasteiger partial charge is 0.456 e. The fourth-order valence-electron chi connectivity index (χ4n) is 3.61. The molecular formula is C23H27NO3. The predicted octanol–water partition coefficient (Wildman–Crippen LogP) is 4.16. The number of ketones is 1. The SMILES string of the molecule is Cc1ccc(C(=O)c2ccccc2C(=O)OC(C)(C)C2CCNCC2)cc1. The van der Waals surface area contributed by atoms with Gasteiger partial charge in [-0.2, -0.15) is 0 Å². The number of aryl methyl sites for hydroxylation is 1. The first kappa shape index (κ1) is 19.3. The Labute approximate surface area is 160 Å². The zero-order chi connectivity index (χ0) is 19.4. The molecule has 0 saturated carbocycles. The van der Waals surface area contributed by atoms with E-state index in [1.54, 1.807) is 36.4 Å². The topological polar surface area (TPSA) is 55.4 Å². The lowest BCUT2D eigenvalue weighted by molar-refractivity contribution is -0.0368. The van der Waals surface area contributed by atoms with Gasteiger partial charge in [0.15, 0.2) is 5.78 Å². The van der Waals surface area contributed by atoms with E-state index in [1.807, 2.05) is 32.9 Å². The summed E-state index contributed by atoms with van der Waals surface area (Å²) in [6.07, 6.45) is 1.95. The van der Waals surface area contributed by atoms with Crippen LogP contribution in [0.15, 0.2) is 48.5 Å². The smallest absolute Gasteiger partial charge is 0.339 e. The van der Waals surface area contributed by atoms with Crippen molar-refractivity contribution >= 4 is 11.8 Å². The molecule has 1 fully saturated rings. The Hall–Kier alpha value is -2.46. The number of esters is 1. The third-order valence-electron chi connectivity index (χ3n) is 5.38. The molecule has 2 aromatic rings. The average molecular weight is 365 g/mol. The second kappa shape index (κ2) is 8.05. The number of carbonyl (C=O) groups is 2. The molecule has 0 spiro atoms. The summed E-state index contributed by atoms with van der Waals surface area (Å²) in [6, 6.07) is 14.3. The van der Waals surface area contributed by atoms with Gasteiger partial charge in [0.2, 0.25) is 0 Å². The highest BCUT2D eigenvalue weighted by Gasteiger charge is 2.35. The van der Waals surface area contributed by atoms with Crippen molar-refractivity contribution < 1.29 is 14.3 Å². The van der Waals surface area contributed by atoms with E-state index in [2.05, 4.69) is 5.32 Å². The van der Waals surface area contributed by atoms with Gasteiger partial charge in [-0.25, -0.2) is 4.79 Å². The van der Waals surface area contributed by atoms with Crippen molar-refractivity contribution in [3.8, 4) is 0 Å². The maximum Gasteiger partial charge on any atom is 0.339 e. The van der Waals surface area contributed by atoms with Crippen LogP contribution < -0.4 is 5.32 Å². The summed E-state index contributed by atoms with van der Waals surface area (Å²) in [5.41, 5.74) is 1.79. The molecule has 2 aromatic carbocycles. The van der Waals surface area contributed by atoms with E-state index in [4.69, 9.17) is 4.74 Å². The molecule has 1 aliphatic rings. The second-order valence-electron chi connectivity index (χ2n) is 7.76. The minimum absolute atomic E-state index is 0.165. The number of hydrogen-bond donors (Lipinski definition) is 1. The van der Waals surface area contributed by atoms with E-state index in [0.29, 0.717) is 22.6 Å². The van der Waals surface area contributed by atoms with Gasteiger partial charge in [0.25, 0.3) is 0 Å². The summed E-state index contributed by atoms with van der Waals surface area (Å²) in [6.45, 7) is 7.78. The van der Waals surface area contributed by atoms with Crippen molar-refractivity contribution in [2.75, 3.05) is 13.1 Å². The van der Waals surface area contributed by atoms with Crippen LogP contribution in [-0.2, 0) is 4.74 Å². The fraction of sp³-hybridized carbons (Fsp3) is 0.391. The highest BCUT2D eigenvalue weighted by Crippen LogP contribution is 2.30. The van der Waals surface area contributed by atoms with Gasteiger partial charge >= 0.3 is 5.97 Å². The first-order valence-electron chi connectivity index (χ1n) is 9.53. The van der Waals surface area contributed by atoms with E-state index in [1.165, 1.54) is 0 Å². The van der Waals surface area contributed by atoms with Crippen molar-refractivity contribution in [1.29, 1.82) is 0 Å². The van der Waals surface area contributed by atoms with Crippen molar-refractivity contribution in [1.82, 2.24) is 5.32 Å². The summed E-state index contributed by atoms with van der Waals surface area (Å²) in [7, 11) is 0. The molecule has 1 heterocycles. The highest BCUT2D eigenvalue weighted by atomic mass is 16.6. The Bertz CT molecular complexity index is 818. The average Bonchev–Trinajstić information content (AvgIpc) is 2.68. The number of nitrogens with one attached hydrogen (secondary N) is 1. The molecule has 3 rings (SSSR count). The van der Waals surface area contributed by atoms with E-state index in [9.17, 15) is 9.59 Å². The highest BCUT2D eigenvalue weighted by molar-refractivity contribution is 6.14. The fourth-order valence-corrected chi connectivity index (χ4v) is 3.61. The van der Waals surface area contributed by atoms with Crippen molar-refractivity contribution in [3.05, 3.63) is 70.8 Å². The molecule has 1 aliphatic heterocycles. The molecule has 0 amide bonds. The van der Waals surface area contributed by atoms with Crippen LogP contribution in [0.2, 0.25) is 0 Å². The first-order valence-corrected chi connectivity index (χ1v) is 9.53. The van der Waals surface area contributed by atoms with Crippen LogP contribution in [-0.4, -0.2) is 30.4 Å². The van der Waals surface area contributed by atoms with Gasteiger partial charge in [-0.05, 0) is 52.8 Å². The minimum Gasteiger partial charge on any atom is -0.456 e. The zero-order valence-corrected chi connectivity index (χ0v) is 16.2. The van der Waals surface area contributed by atoms with Crippen LogP contribution in [0.3, 0.4) is 0 Å². The lowest BCUT2D eigenvalue weighted by Gasteiger charge is -2.36. The zero-order valence-electron chi connectivity index (χ0n) is 16.2. The number of piperidine rings is 1. The minimum atomic E-state index is -0.570. The predicted molar refractivity (Wildman–Crippen MR) is 106 cm³/mol. The van der Waals surface area contributed by atoms with Crippen LogP contribution >= 0.6 is 0 Å². The van der Waals surface area contributed by atoms with Gasteiger partial charge in [0.1, 0.15) is 5.60 Å². The van der Waals surface area contributed by atoms with E-state index >= 15 is 0 Å². The van der Waals surface area contributed by atoms with Gasteiger partial charge in [-0.3, -0.25) is 4.79 Å². The molecule has 0 atom stereocenters. The maximum atomic E-state index is 12.9.